The molecule has 0 aromatic heterocycles. The van der Waals surface area contributed by atoms with Crippen LogP contribution in [0.4, 0.5) is 0 Å². The first-order chi connectivity index (χ1) is 12.9. The van der Waals surface area contributed by atoms with Crippen LogP contribution < -0.4 is 4.74 Å². The van der Waals surface area contributed by atoms with E-state index in [2.05, 4.69) is 0 Å². The number of hydrogen-bond acceptors (Lipinski definition) is 6. The van der Waals surface area contributed by atoms with Gasteiger partial charge in [0.05, 0.1) is 13.5 Å². The smallest absolute Gasteiger partial charge is 0.163 e. The summed E-state index contributed by atoms with van der Waals surface area (Å²) in [5.74, 6) is 0.0475. The van der Waals surface area contributed by atoms with Crippen molar-refractivity contribution in [1.29, 1.82) is 0 Å². The summed E-state index contributed by atoms with van der Waals surface area (Å²) >= 11 is 0. The van der Waals surface area contributed by atoms with Gasteiger partial charge >= 0.3 is 0 Å². The number of allylic oxidation sites excluding steroid dienone is 4. The maximum Gasteiger partial charge on any atom is 0.163 e. The van der Waals surface area contributed by atoms with Crippen molar-refractivity contribution in [2.45, 2.75) is 25.4 Å². The van der Waals surface area contributed by atoms with Crippen molar-refractivity contribution >= 4 is 17.6 Å². The fourth-order valence-electron chi connectivity index (χ4n) is 2.79. The van der Waals surface area contributed by atoms with Crippen LogP contribution in [-0.2, 0) is 14.3 Å². The molecule has 0 radical (unpaired) electrons. The summed E-state index contributed by atoms with van der Waals surface area (Å²) in [4.78, 5) is 23.9. The number of carbonyl (C=O) groups excluding carboxylic acids is 2. The second-order valence-corrected chi connectivity index (χ2v) is 6.32. The van der Waals surface area contributed by atoms with E-state index in [-0.39, 0.29) is 41.5 Å². The minimum Gasteiger partial charge on any atom is -0.510 e. The Labute approximate surface area is 158 Å². The van der Waals surface area contributed by atoms with Gasteiger partial charge in [0, 0.05) is 7.11 Å². The Balaban J connectivity index is 1.87. The molecule has 1 aliphatic rings. The number of methoxy groups -OCH3 is 2. The predicted octanol–water partition coefficient (Wildman–Crippen LogP) is 3.37. The molecule has 0 amide bonds. The number of aliphatic hydroxyl groups excluding tert-OH is 1. The van der Waals surface area contributed by atoms with Crippen molar-refractivity contribution in [3.63, 3.8) is 0 Å². The van der Waals surface area contributed by atoms with Crippen molar-refractivity contribution in [2.24, 2.45) is 5.92 Å². The highest BCUT2D eigenvalue weighted by Gasteiger charge is 2.22. The first-order valence-corrected chi connectivity index (χ1v) is 8.63. The Kier molecular flexibility index (Phi) is 7.37. The Hall–Kier alpha value is -2.86. The number of aromatic hydroxyl groups is 1. The third-order valence-corrected chi connectivity index (χ3v) is 4.33. The maximum absolute atomic E-state index is 12.0. The van der Waals surface area contributed by atoms with Gasteiger partial charge in [0.1, 0.15) is 11.9 Å². The van der Waals surface area contributed by atoms with Crippen LogP contribution in [0.25, 0.3) is 6.08 Å². The normalized spacial score (nSPS) is 20.0. The van der Waals surface area contributed by atoms with Crippen LogP contribution in [0.3, 0.4) is 0 Å². The monoisotopic (exact) mass is 372 g/mol. The van der Waals surface area contributed by atoms with E-state index in [0.717, 1.165) is 0 Å². The van der Waals surface area contributed by atoms with E-state index < -0.39 is 0 Å². The van der Waals surface area contributed by atoms with E-state index in [1.807, 2.05) is 0 Å². The van der Waals surface area contributed by atoms with E-state index in [1.54, 1.807) is 30.4 Å². The number of rotatable bonds is 8. The van der Waals surface area contributed by atoms with Crippen molar-refractivity contribution in [3.8, 4) is 11.5 Å². The van der Waals surface area contributed by atoms with Gasteiger partial charge in [0.25, 0.3) is 0 Å². The number of hydrogen-bond donors (Lipinski definition) is 2. The van der Waals surface area contributed by atoms with Gasteiger partial charge in [-0.1, -0.05) is 18.2 Å². The molecular weight excluding hydrogens is 348 g/mol. The van der Waals surface area contributed by atoms with Crippen LogP contribution in [-0.4, -0.2) is 42.1 Å². The lowest BCUT2D eigenvalue weighted by Gasteiger charge is -2.23. The number of aliphatic hydroxyl groups is 1. The van der Waals surface area contributed by atoms with Crippen molar-refractivity contribution in [1.82, 2.24) is 0 Å². The molecule has 2 rings (SSSR count). The first-order valence-electron chi connectivity index (χ1n) is 8.63. The fraction of sp³-hybridized carbons (Fsp3) is 0.333. The van der Waals surface area contributed by atoms with Gasteiger partial charge in [0.2, 0.25) is 0 Å². The minimum atomic E-state index is -0.352. The van der Waals surface area contributed by atoms with E-state index in [1.165, 1.54) is 32.4 Å². The lowest BCUT2D eigenvalue weighted by Crippen LogP contribution is -2.21. The molecule has 0 saturated heterocycles. The number of phenolic OH excluding ortho intramolecular Hbond substituents is 1. The van der Waals surface area contributed by atoms with E-state index >= 15 is 0 Å². The highest BCUT2D eigenvalue weighted by molar-refractivity contribution is 6.09. The molecule has 6 heteroatoms. The van der Waals surface area contributed by atoms with E-state index in [9.17, 15) is 19.8 Å². The molecule has 1 aliphatic carbocycles. The van der Waals surface area contributed by atoms with Gasteiger partial charge in [0.15, 0.2) is 23.1 Å². The molecule has 0 saturated carbocycles. The first kappa shape index (κ1) is 20.5. The third-order valence-electron chi connectivity index (χ3n) is 4.33. The molecule has 1 aromatic rings. The number of phenols is 1. The van der Waals surface area contributed by atoms with Gasteiger partial charge in [-0.25, -0.2) is 0 Å². The zero-order valence-corrected chi connectivity index (χ0v) is 15.4. The van der Waals surface area contributed by atoms with Gasteiger partial charge < -0.3 is 19.7 Å². The molecule has 0 bridgehead atoms. The van der Waals surface area contributed by atoms with Gasteiger partial charge in [-0.3, -0.25) is 9.59 Å². The number of ether oxygens (including phenoxy) is 2. The minimum absolute atomic E-state index is 0.0166. The molecule has 0 aliphatic heterocycles. The summed E-state index contributed by atoms with van der Waals surface area (Å²) in [7, 11) is 2.97. The standard InChI is InChI=1S/C21H24O6/c1-26-20-11-14(5-9-18(20)24)3-7-16(22)13-17(23)8-4-15-6-10-19(25)21(12-15)27-2/h3-5,7-11,15,21,24-25H,6,12-13H2,1-2H3/b7-3-,8-4-. The topological polar surface area (TPSA) is 93.1 Å². The number of carbonyl (C=O) groups is 2. The van der Waals surface area contributed by atoms with Crippen LogP contribution in [0.15, 0.2) is 48.3 Å². The second-order valence-electron chi connectivity index (χ2n) is 6.32. The van der Waals surface area contributed by atoms with E-state index in [0.29, 0.717) is 24.2 Å². The van der Waals surface area contributed by atoms with Crippen LogP contribution in [0.5, 0.6) is 11.5 Å². The molecule has 2 atom stereocenters. The van der Waals surface area contributed by atoms with E-state index in [4.69, 9.17) is 9.47 Å². The van der Waals surface area contributed by atoms with Crippen LogP contribution in [0, 0.1) is 5.92 Å². The van der Waals surface area contributed by atoms with Gasteiger partial charge in [-0.15, -0.1) is 0 Å². The molecule has 6 nitrogen and oxygen atoms in total. The average molecular weight is 372 g/mol. The molecule has 2 unspecified atom stereocenters. The van der Waals surface area contributed by atoms with Crippen molar-refractivity contribution < 1.29 is 29.3 Å². The fourth-order valence-corrected chi connectivity index (χ4v) is 2.79. The molecule has 2 N–H and O–H groups in total. The SMILES string of the molecule is COc1cc(/C=C\C(=O)CC(=O)/C=C\C2CC=C(O)C(OC)C2)ccc1O. The third kappa shape index (κ3) is 6.11. The van der Waals surface area contributed by atoms with Crippen molar-refractivity contribution in [2.75, 3.05) is 14.2 Å². The predicted molar refractivity (Wildman–Crippen MR) is 102 cm³/mol. The van der Waals surface area contributed by atoms with Crippen LogP contribution >= 0.6 is 0 Å². The average Bonchev–Trinajstić information content (AvgIpc) is 2.66. The Morgan fingerprint density at radius 3 is 2.63 bits per heavy atom. The lowest BCUT2D eigenvalue weighted by molar-refractivity contribution is -0.121. The highest BCUT2D eigenvalue weighted by atomic mass is 16.5. The summed E-state index contributed by atoms with van der Waals surface area (Å²) in [6, 6.07) is 4.71. The Morgan fingerprint density at radius 1 is 1.19 bits per heavy atom. The molecule has 0 heterocycles. The zero-order valence-electron chi connectivity index (χ0n) is 15.4. The molecular formula is C21H24O6. The Morgan fingerprint density at radius 2 is 1.93 bits per heavy atom. The lowest BCUT2D eigenvalue weighted by atomic mass is 9.90. The molecule has 27 heavy (non-hydrogen) atoms. The van der Waals surface area contributed by atoms with Crippen molar-refractivity contribution in [3.05, 3.63) is 53.8 Å². The number of benzene rings is 1. The number of ketones is 2. The van der Waals surface area contributed by atoms with Crippen LogP contribution in [0.1, 0.15) is 24.8 Å². The zero-order chi connectivity index (χ0) is 19.8. The molecule has 0 fully saturated rings. The summed E-state index contributed by atoms with van der Waals surface area (Å²) in [6.07, 6.45) is 8.43. The summed E-state index contributed by atoms with van der Waals surface area (Å²) in [5.41, 5.74) is 0.681. The maximum atomic E-state index is 12.0. The summed E-state index contributed by atoms with van der Waals surface area (Å²) in [5, 5.41) is 19.2. The summed E-state index contributed by atoms with van der Waals surface area (Å²) < 4.78 is 10.2. The molecule has 1 aromatic carbocycles. The van der Waals surface area contributed by atoms with Gasteiger partial charge in [-0.2, -0.15) is 0 Å². The Bertz CT molecular complexity index is 775. The largest absolute Gasteiger partial charge is 0.510 e. The highest BCUT2D eigenvalue weighted by Crippen LogP contribution is 2.27. The summed E-state index contributed by atoms with van der Waals surface area (Å²) in [6.45, 7) is 0. The molecule has 144 valence electrons. The van der Waals surface area contributed by atoms with Gasteiger partial charge in [-0.05, 0) is 54.7 Å². The quantitative estimate of drug-likeness (QED) is 0.537. The van der Waals surface area contributed by atoms with Crippen LogP contribution in [0.2, 0.25) is 0 Å². The molecule has 0 spiro atoms. The second kappa shape index (κ2) is 9.73.